The average molecular weight is 353 g/mol. The molecule has 5 heteroatoms. The molecule has 1 aliphatic heterocycles. The molecule has 2 aliphatic rings. The number of rotatable bonds is 4. The molecule has 0 atom stereocenters. The van der Waals surface area contributed by atoms with E-state index in [9.17, 15) is 9.59 Å². The molecule has 4 rings (SSSR count). The summed E-state index contributed by atoms with van der Waals surface area (Å²) in [6, 6.07) is 10.7. The normalized spacial score (nSPS) is 19.5. The molecular weight excluding hydrogens is 326 g/mol. The maximum absolute atomic E-state index is 12.2. The van der Waals surface area contributed by atoms with Gasteiger partial charge in [-0.1, -0.05) is 43.9 Å². The van der Waals surface area contributed by atoms with Crippen LogP contribution in [-0.4, -0.2) is 32.2 Å². The molecule has 2 aromatic carbocycles. The number of hydrogen-bond acceptors (Lipinski definition) is 5. The van der Waals surface area contributed by atoms with Crippen LogP contribution in [0.4, 0.5) is 17.1 Å². The highest BCUT2D eigenvalue weighted by atomic mass is 16.2. The maximum atomic E-state index is 12.2. The van der Waals surface area contributed by atoms with E-state index in [0.717, 1.165) is 39.0 Å². The minimum atomic E-state index is -0.324. The van der Waals surface area contributed by atoms with Crippen molar-refractivity contribution in [1.29, 1.82) is 0 Å². The van der Waals surface area contributed by atoms with Crippen LogP contribution in [-0.2, 0) is 0 Å². The Labute approximate surface area is 154 Å². The number of benzene rings is 1. The monoisotopic (exact) mass is 353 g/mol. The summed E-state index contributed by atoms with van der Waals surface area (Å²) in [5, 5.41) is 3.42. The molecule has 1 N–H and O–H groups in total. The van der Waals surface area contributed by atoms with E-state index in [1.807, 2.05) is 18.2 Å². The Balaban J connectivity index is 1.43. The van der Waals surface area contributed by atoms with Crippen LogP contribution in [0.1, 0.15) is 38.5 Å². The van der Waals surface area contributed by atoms with Gasteiger partial charge in [0.05, 0.1) is 0 Å². The summed E-state index contributed by atoms with van der Waals surface area (Å²) in [5.41, 5.74) is 1.79. The van der Waals surface area contributed by atoms with Crippen LogP contribution in [0.2, 0.25) is 0 Å². The fourth-order valence-electron chi connectivity index (χ4n) is 4.27. The van der Waals surface area contributed by atoms with Crippen molar-refractivity contribution in [2.75, 3.05) is 41.3 Å². The highest BCUT2D eigenvalue weighted by Crippen LogP contribution is 2.27. The standard InChI is InChI=1S/C21H27N3O2/c25-20-18(22-16-8-4-1-2-5-9-16)19(21(20)26)24-14-12-23(13-15-24)17-10-6-3-7-11-17/h3,6-7,10-11,16,22H,1-2,4-5,8-9,12-15H2. The van der Waals surface area contributed by atoms with Gasteiger partial charge in [-0.3, -0.25) is 9.59 Å². The molecule has 1 aliphatic carbocycles. The Bertz CT molecular complexity index is 794. The summed E-state index contributed by atoms with van der Waals surface area (Å²) >= 11 is 0. The van der Waals surface area contributed by atoms with E-state index >= 15 is 0 Å². The van der Waals surface area contributed by atoms with Gasteiger partial charge in [-0.15, -0.1) is 0 Å². The number of nitrogens with zero attached hydrogens (tertiary/aromatic N) is 2. The molecule has 1 saturated heterocycles. The second-order valence-corrected chi connectivity index (χ2v) is 7.52. The first-order valence-corrected chi connectivity index (χ1v) is 9.89. The van der Waals surface area contributed by atoms with E-state index in [1.165, 1.54) is 31.4 Å². The highest BCUT2D eigenvalue weighted by molar-refractivity contribution is 5.76. The van der Waals surface area contributed by atoms with Crippen molar-refractivity contribution in [3.05, 3.63) is 50.8 Å². The minimum Gasteiger partial charge on any atom is -0.377 e. The van der Waals surface area contributed by atoms with E-state index in [2.05, 4.69) is 27.2 Å². The summed E-state index contributed by atoms with van der Waals surface area (Å²) in [4.78, 5) is 28.8. The van der Waals surface area contributed by atoms with E-state index in [4.69, 9.17) is 0 Å². The van der Waals surface area contributed by atoms with Gasteiger partial charge in [0, 0.05) is 37.9 Å². The first kappa shape index (κ1) is 17.1. The molecule has 0 unspecified atom stereocenters. The molecule has 138 valence electrons. The molecule has 2 aromatic rings. The van der Waals surface area contributed by atoms with Gasteiger partial charge < -0.3 is 15.1 Å². The van der Waals surface area contributed by atoms with Gasteiger partial charge in [0.25, 0.3) is 10.9 Å². The lowest BCUT2D eigenvalue weighted by Gasteiger charge is -2.38. The zero-order valence-electron chi connectivity index (χ0n) is 15.2. The first-order chi connectivity index (χ1) is 12.7. The van der Waals surface area contributed by atoms with Crippen molar-refractivity contribution >= 4 is 17.1 Å². The van der Waals surface area contributed by atoms with Crippen LogP contribution in [0.15, 0.2) is 39.9 Å². The second-order valence-electron chi connectivity index (χ2n) is 7.52. The molecule has 0 radical (unpaired) electrons. The Kier molecular flexibility index (Phi) is 4.96. The third-order valence-electron chi connectivity index (χ3n) is 5.81. The van der Waals surface area contributed by atoms with E-state index in [0.29, 0.717) is 17.4 Å². The lowest BCUT2D eigenvalue weighted by molar-refractivity contribution is 0.615. The number of hydrogen-bond donors (Lipinski definition) is 1. The average Bonchev–Trinajstić information content (AvgIpc) is 2.97. The summed E-state index contributed by atoms with van der Waals surface area (Å²) in [5.74, 6) is 0. The van der Waals surface area contributed by atoms with Crippen molar-refractivity contribution in [1.82, 2.24) is 0 Å². The first-order valence-electron chi connectivity index (χ1n) is 9.89. The van der Waals surface area contributed by atoms with Crippen LogP contribution in [0.3, 0.4) is 0 Å². The quantitative estimate of drug-likeness (QED) is 0.677. The van der Waals surface area contributed by atoms with Crippen molar-refractivity contribution in [3.8, 4) is 0 Å². The van der Waals surface area contributed by atoms with Gasteiger partial charge >= 0.3 is 0 Å². The van der Waals surface area contributed by atoms with Crippen LogP contribution >= 0.6 is 0 Å². The highest BCUT2D eigenvalue weighted by Gasteiger charge is 2.30. The summed E-state index contributed by atoms with van der Waals surface area (Å²) in [7, 11) is 0. The van der Waals surface area contributed by atoms with E-state index in [1.54, 1.807) is 0 Å². The molecule has 5 nitrogen and oxygen atoms in total. The molecule has 0 amide bonds. The van der Waals surface area contributed by atoms with Gasteiger partial charge in [0.1, 0.15) is 11.4 Å². The van der Waals surface area contributed by atoms with Crippen molar-refractivity contribution in [2.24, 2.45) is 0 Å². The Morgan fingerprint density at radius 3 is 2.04 bits per heavy atom. The predicted octanol–water partition coefficient (Wildman–Crippen LogP) is 2.74. The Hall–Kier alpha value is -2.30. The lowest BCUT2D eigenvalue weighted by atomic mass is 10.1. The van der Waals surface area contributed by atoms with Crippen LogP contribution < -0.4 is 26.0 Å². The van der Waals surface area contributed by atoms with Gasteiger partial charge in [-0.2, -0.15) is 0 Å². The largest absolute Gasteiger partial charge is 0.377 e. The zero-order valence-corrected chi connectivity index (χ0v) is 15.2. The SMILES string of the molecule is O=c1c(NC2CCCCCC2)c(N2CCN(c3ccccc3)CC2)c1=O. The van der Waals surface area contributed by atoms with Crippen LogP contribution in [0.25, 0.3) is 0 Å². The van der Waals surface area contributed by atoms with Crippen LogP contribution in [0, 0.1) is 0 Å². The second kappa shape index (κ2) is 7.52. The van der Waals surface area contributed by atoms with E-state index < -0.39 is 0 Å². The number of anilines is 3. The van der Waals surface area contributed by atoms with Gasteiger partial charge in [0.2, 0.25) is 0 Å². The molecule has 0 bridgehead atoms. The molecule has 2 fully saturated rings. The number of nitrogens with one attached hydrogen (secondary N) is 1. The number of para-hydroxylation sites is 1. The molecule has 1 saturated carbocycles. The topological polar surface area (TPSA) is 52.7 Å². The minimum absolute atomic E-state index is 0.311. The zero-order chi connectivity index (χ0) is 17.9. The summed E-state index contributed by atoms with van der Waals surface area (Å²) in [6.45, 7) is 3.29. The van der Waals surface area contributed by atoms with Gasteiger partial charge in [-0.05, 0) is 25.0 Å². The maximum Gasteiger partial charge on any atom is 0.253 e. The molecule has 1 heterocycles. The van der Waals surface area contributed by atoms with E-state index in [-0.39, 0.29) is 10.9 Å². The third-order valence-corrected chi connectivity index (χ3v) is 5.81. The Morgan fingerprint density at radius 2 is 1.38 bits per heavy atom. The van der Waals surface area contributed by atoms with Crippen molar-refractivity contribution in [3.63, 3.8) is 0 Å². The van der Waals surface area contributed by atoms with Gasteiger partial charge in [-0.25, -0.2) is 0 Å². The lowest BCUT2D eigenvalue weighted by Crippen LogP contribution is -2.52. The van der Waals surface area contributed by atoms with Crippen molar-refractivity contribution < 1.29 is 0 Å². The van der Waals surface area contributed by atoms with Gasteiger partial charge in [0.15, 0.2) is 0 Å². The molecule has 0 aromatic heterocycles. The van der Waals surface area contributed by atoms with Crippen LogP contribution in [0.5, 0.6) is 0 Å². The van der Waals surface area contributed by atoms with Crippen molar-refractivity contribution in [2.45, 2.75) is 44.6 Å². The Morgan fingerprint density at radius 1 is 0.769 bits per heavy atom. The summed E-state index contributed by atoms with van der Waals surface area (Å²) in [6.07, 6.45) is 7.16. The predicted molar refractivity (Wildman–Crippen MR) is 107 cm³/mol. The molecule has 26 heavy (non-hydrogen) atoms. The smallest absolute Gasteiger partial charge is 0.253 e. The fraction of sp³-hybridized carbons (Fsp3) is 0.524. The fourth-order valence-corrected chi connectivity index (χ4v) is 4.27. The number of piperazine rings is 1. The third kappa shape index (κ3) is 3.35. The molecule has 0 spiro atoms. The molecular formula is C21H27N3O2. The summed E-state index contributed by atoms with van der Waals surface area (Å²) < 4.78 is 0.